The van der Waals surface area contributed by atoms with Crippen molar-refractivity contribution in [3.8, 4) is 0 Å². The van der Waals surface area contributed by atoms with E-state index in [1.54, 1.807) is 0 Å². The highest BCUT2D eigenvalue weighted by molar-refractivity contribution is 5.97. The van der Waals surface area contributed by atoms with Crippen LogP contribution in [0.1, 0.15) is 12.0 Å². The summed E-state index contributed by atoms with van der Waals surface area (Å²) in [5.74, 6) is 0. The molecule has 1 aromatic rings. The van der Waals surface area contributed by atoms with Crippen molar-refractivity contribution < 1.29 is 0 Å². The van der Waals surface area contributed by atoms with Crippen LogP contribution < -0.4 is 0 Å². The number of hydrogen-bond acceptors (Lipinski definition) is 1. The molecule has 0 N–H and O–H groups in total. The predicted octanol–water partition coefficient (Wildman–Crippen LogP) is 3.14. The number of nitrogens with zero attached hydrogens (tertiary/aromatic N) is 1. The fourth-order valence-electron chi connectivity index (χ4n) is 1.44. The van der Waals surface area contributed by atoms with Crippen LogP contribution in [0.15, 0.2) is 59.8 Å². The van der Waals surface area contributed by atoms with E-state index < -0.39 is 0 Å². The van der Waals surface area contributed by atoms with Gasteiger partial charge in [-0.2, -0.15) is 0 Å². The van der Waals surface area contributed by atoms with E-state index in [0.29, 0.717) is 0 Å². The van der Waals surface area contributed by atoms with E-state index in [0.717, 1.165) is 18.6 Å². The fourth-order valence-corrected chi connectivity index (χ4v) is 1.44. The zero-order chi connectivity index (χ0) is 9.64. The van der Waals surface area contributed by atoms with Gasteiger partial charge in [-0.3, -0.25) is 4.99 Å². The normalized spacial score (nSPS) is 15.0. The SMILES string of the molecule is C1=CN=C(Cc2ccccc2)C=CC1. The van der Waals surface area contributed by atoms with Gasteiger partial charge in [0.15, 0.2) is 0 Å². The highest BCUT2D eigenvalue weighted by Gasteiger charge is 1.97. The summed E-state index contributed by atoms with van der Waals surface area (Å²) in [6, 6.07) is 10.4. The van der Waals surface area contributed by atoms with E-state index in [1.807, 2.05) is 12.3 Å². The van der Waals surface area contributed by atoms with Crippen molar-refractivity contribution in [1.82, 2.24) is 0 Å². The van der Waals surface area contributed by atoms with Gasteiger partial charge in [-0.15, -0.1) is 0 Å². The van der Waals surface area contributed by atoms with Crippen LogP contribution in [0.4, 0.5) is 0 Å². The minimum Gasteiger partial charge on any atom is -0.261 e. The lowest BCUT2D eigenvalue weighted by molar-refractivity contribution is 1.32. The van der Waals surface area contributed by atoms with Crippen molar-refractivity contribution in [3.63, 3.8) is 0 Å². The van der Waals surface area contributed by atoms with Gasteiger partial charge in [-0.05, 0) is 18.1 Å². The van der Waals surface area contributed by atoms with Gasteiger partial charge in [-0.1, -0.05) is 42.5 Å². The molecule has 0 saturated carbocycles. The van der Waals surface area contributed by atoms with Gasteiger partial charge in [0.2, 0.25) is 0 Å². The molecule has 0 fully saturated rings. The summed E-state index contributed by atoms with van der Waals surface area (Å²) in [4.78, 5) is 4.37. The van der Waals surface area contributed by atoms with E-state index in [2.05, 4.69) is 47.5 Å². The molecule has 1 heteroatoms. The molecule has 0 amide bonds. The molecule has 1 aromatic carbocycles. The quantitative estimate of drug-likeness (QED) is 0.668. The molecule has 0 unspecified atom stereocenters. The molecule has 1 nitrogen and oxygen atoms in total. The summed E-state index contributed by atoms with van der Waals surface area (Å²) < 4.78 is 0. The molecule has 1 aliphatic heterocycles. The Labute approximate surface area is 84.5 Å². The lowest BCUT2D eigenvalue weighted by Crippen LogP contribution is -1.98. The maximum atomic E-state index is 4.37. The van der Waals surface area contributed by atoms with Gasteiger partial charge in [0.25, 0.3) is 0 Å². The molecule has 14 heavy (non-hydrogen) atoms. The maximum Gasteiger partial charge on any atom is 0.0444 e. The Bertz CT molecular complexity index is 371. The van der Waals surface area contributed by atoms with Crippen LogP contribution in [0.3, 0.4) is 0 Å². The van der Waals surface area contributed by atoms with Crippen LogP contribution in [-0.4, -0.2) is 5.71 Å². The van der Waals surface area contributed by atoms with Crippen LogP contribution in [0, 0.1) is 0 Å². The first-order valence-corrected chi connectivity index (χ1v) is 4.87. The Balaban J connectivity index is 2.11. The van der Waals surface area contributed by atoms with Crippen molar-refractivity contribution in [1.29, 1.82) is 0 Å². The molecule has 2 rings (SSSR count). The monoisotopic (exact) mass is 183 g/mol. The Hall–Kier alpha value is -1.63. The molecule has 0 bridgehead atoms. The van der Waals surface area contributed by atoms with Crippen LogP contribution in [-0.2, 0) is 6.42 Å². The molecule has 0 aromatic heterocycles. The first kappa shape index (κ1) is 8.95. The second-order valence-electron chi connectivity index (χ2n) is 3.31. The van der Waals surface area contributed by atoms with E-state index in [4.69, 9.17) is 0 Å². The predicted molar refractivity (Wildman–Crippen MR) is 60.5 cm³/mol. The van der Waals surface area contributed by atoms with Gasteiger partial charge in [0, 0.05) is 18.3 Å². The third-order valence-electron chi connectivity index (χ3n) is 2.16. The second-order valence-corrected chi connectivity index (χ2v) is 3.31. The molecule has 0 atom stereocenters. The van der Waals surface area contributed by atoms with Crippen LogP contribution in [0.25, 0.3) is 0 Å². The van der Waals surface area contributed by atoms with Gasteiger partial charge < -0.3 is 0 Å². The number of benzene rings is 1. The average molecular weight is 183 g/mol. The molecule has 0 aliphatic carbocycles. The Morgan fingerprint density at radius 2 is 1.93 bits per heavy atom. The smallest absolute Gasteiger partial charge is 0.0444 e. The summed E-state index contributed by atoms with van der Waals surface area (Å²) in [6.45, 7) is 0. The van der Waals surface area contributed by atoms with E-state index >= 15 is 0 Å². The Morgan fingerprint density at radius 1 is 1.07 bits per heavy atom. The Morgan fingerprint density at radius 3 is 2.79 bits per heavy atom. The fraction of sp³-hybridized carbons (Fsp3) is 0.154. The molecule has 1 heterocycles. The third kappa shape index (κ3) is 2.43. The van der Waals surface area contributed by atoms with Crippen LogP contribution >= 0.6 is 0 Å². The number of allylic oxidation sites excluding steroid dienone is 3. The van der Waals surface area contributed by atoms with Gasteiger partial charge in [-0.25, -0.2) is 0 Å². The van der Waals surface area contributed by atoms with Crippen molar-refractivity contribution in [2.75, 3.05) is 0 Å². The van der Waals surface area contributed by atoms with Crippen molar-refractivity contribution in [3.05, 3.63) is 60.3 Å². The lowest BCUT2D eigenvalue weighted by atomic mass is 10.1. The van der Waals surface area contributed by atoms with E-state index in [9.17, 15) is 0 Å². The average Bonchev–Trinajstić information content (AvgIpc) is 2.48. The number of hydrogen-bond donors (Lipinski definition) is 0. The number of rotatable bonds is 2. The summed E-state index contributed by atoms with van der Waals surface area (Å²) in [7, 11) is 0. The highest BCUT2D eigenvalue weighted by Crippen LogP contribution is 2.04. The van der Waals surface area contributed by atoms with E-state index in [-0.39, 0.29) is 0 Å². The standard InChI is InChI=1S/C13H13N/c1-3-7-12(8-4-1)11-13-9-5-2-6-10-14-13/h1,3-10H,2,11H2. The van der Waals surface area contributed by atoms with Crippen LogP contribution in [0.5, 0.6) is 0 Å². The minimum atomic E-state index is 0.918. The number of aliphatic imine (C=N–C) groups is 1. The minimum absolute atomic E-state index is 0.918. The topological polar surface area (TPSA) is 12.4 Å². The van der Waals surface area contributed by atoms with Gasteiger partial charge in [0.1, 0.15) is 0 Å². The zero-order valence-corrected chi connectivity index (χ0v) is 8.06. The molecular formula is C13H13N. The Kier molecular flexibility index (Phi) is 2.92. The van der Waals surface area contributed by atoms with Crippen molar-refractivity contribution in [2.45, 2.75) is 12.8 Å². The highest BCUT2D eigenvalue weighted by atomic mass is 14.7. The molecular weight excluding hydrogens is 170 g/mol. The van der Waals surface area contributed by atoms with Crippen molar-refractivity contribution >= 4 is 5.71 Å². The largest absolute Gasteiger partial charge is 0.261 e. The van der Waals surface area contributed by atoms with E-state index in [1.165, 1.54) is 5.56 Å². The maximum absolute atomic E-state index is 4.37. The summed E-state index contributed by atoms with van der Waals surface area (Å²) in [5.41, 5.74) is 2.44. The second kappa shape index (κ2) is 4.56. The first-order chi connectivity index (χ1) is 6.95. The first-order valence-electron chi connectivity index (χ1n) is 4.87. The zero-order valence-electron chi connectivity index (χ0n) is 8.06. The van der Waals surface area contributed by atoms with Gasteiger partial charge in [0.05, 0.1) is 0 Å². The van der Waals surface area contributed by atoms with Crippen molar-refractivity contribution in [2.24, 2.45) is 4.99 Å². The molecule has 70 valence electrons. The third-order valence-corrected chi connectivity index (χ3v) is 2.16. The molecule has 1 aliphatic rings. The summed E-state index contributed by atoms with van der Waals surface area (Å²) >= 11 is 0. The molecule has 0 radical (unpaired) electrons. The van der Waals surface area contributed by atoms with Gasteiger partial charge >= 0.3 is 0 Å². The lowest BCUT2D eigenvalue weighted by Gasteiger charge is -1.99. The summed E-state index contributed by atoms with van der Waals surface area (Å²) in [6.07, 6.45) is 10.1. The van der Waals surface area contributed by atoms with Crippen LogP contribution in [0.2, 0.25) is 0 Å². The molecule has 0 spiro atoms. The molecule has 0 saturated heterocycles. The summed E-state index contributed by atoms with van der Waals surface area (Å²) in [5, 5.41) is 0.